The molecule has 0 heterocycles. The number of ketones is 2. The average Bonchev–Trinajstić information content (AvgIpc) is 2.96. The maximum atomic E-state index is 11.2. The van der Waals surface area contributed by atoms with Crippen LogP contribution in [0.25, 0.3) is 0 Å². The van der Waals surface area contributed by atoms with E-state index < -0.39 is 0 Å². The van der Waals surface area contributed by atoms with Gasteiger partial charge in [0.25, 0.3) is 0 Å². The van der Waals surface area contributed by atoms with Crippen molar-refractivity contribution in [3.05, 3.63) is 0 Å². The number of rotatable bonds is 2. The zero-order valence-electron chi connectivity index (χ0n) is 12.5. The number of carbonyl (C=O) groups is 2. The second-order valence-corrected chi connectivity index (χ2v) is 6.92. The maximum Gasteiger partial charge on any atom is 0.141 e. The molecule has 1 fully saturated rings. The van der Waals surface area contributed by atoms with E-state index in [0.717, 1.165) is 12.8 Å². The van der Waals surface area contributed by atoms with Crippen LogP contribution in [-0.4, -0.2) is 11.6 Å². The molecule has 108 valence electrons. The van der Waals surface area contributed by atoms with E-state index in [0.29, 0.717) is 23.9 Å². The Labute approximate surface area is 114 Å². The number of hydrogen-bond acceptors (Lipinski definition) is 2. The third-order valence-electron chi connectivity index (χ3n) is 2.84. The molecule has 0 saturated heterocycles. The summed E-state index contributed by atoms with van der Waals surface area (Å²) in [5.41, 5.74) is -0.226. The minimum absolute atomic E-state index is 0. The molecular formula is C16H32O2. The van der Waals surface area contributed by atoms with Gasteiger partial charge in [0, 0.05) is 23.2 Å². The van der Waals surface area contributed by atoms with Crippen LogP contribution in [0.5, 0.6) is 0 Å². The van der Waals surface area contributed by atoms with Crippen molar-refractivity contribution in [1.29, 1.82) is 0 Å². The largest absolute Gasteiger partial charge is 0.299 e. The zero-order chi connectivity index (χ0) is 13.9. The highest BCUT2D eigenvalue weighted by Gasteiger charge is 2.36. The highest BCUT2D eigenvalue weighted by Crippen LogP contribution is 2.36. The molecule has 0 aromatic heterocycles. The Bertz CT molecular complexity index is 272. The summed E-state index contributed by atoms with van der Waals surface area (Å²) in [6.45, 7) is 13.7. The lowest BCUT2D eigenvalue weighted by molar-refractivity contribution is -0.127. The molecule has 0 bridgehead atoms. The van der Waals surface area contributed by atoms with Crippen molar-refractivity contribution < 1.29 is 9.59 Å². The Morgan fingerprint density at radius 3 is 1.39 bits per heavy atom. The molecule has 0 unspecified atom stereocenters. The fourth-order valence-electron chi connectivity index (χ4n) is 1.49. The summed E-state index contributed by atoms with van der Waals surface area (Å²) in [4.78, 5) is 22.1. The number of Topliss-reactive ketones (excluding diaryl/α,β-unsaturated/α-hetero) is 2. The third-order valence-corrected chi connectivity index (χ3v) is 2.84. The summed E-state index contributed by atoms with van der Waals surface area (Å²) < 4.78 is 0. The van der Waals surface area contributed by atoms with Crippen LogP contribution in [-0.2, 0) is 9.59 Å². The van der Waals surface area contributed by atoms with Crippen LogP contribution < -0.4 is 0 Å². The Balaban J connectivity index is 0. The predicted molar refractivity (Wildman–Crippen MR) is 78.7 cm³/mol. The highest BCUT2D eigenvalue weighted by atomic mass is 16.1. The molecule has 0 radical (unpaired) electrons. The van der Waals surface area contributed by atoms with Gasteiger partial charge in [0.15, 0.2) is 0 Å². The molecule has 1 rings (SSSR count). The Morgan fingerprint density at radius 2 is 1.33 bits per heavy atom. The van der Waals surface area contributed by atoms with Crippen LogP contribution in [0.3, 0.4) is 0 Å². The van der Waals surface area contributed by atoms with E-state index in [9.17, 15) is 9.59 Å². The Morgan fingerprint density at radius 1 is 0.944 bits per heavy atom. The molecule has 0 aromatic rings. The van der Waals surface area contributed by atoms with Gasteiger partial charge in [0.1, 0.15) is 11.6 Å². The first-order valence-corrected chi connectivity index (χ1v) is 6.57. The molecule has 1 aliphatic rings. The first-order chi connectivity index (χ1) is 7.50. The molecule has 0 atom stereocenters. The van der Waals surface area contributed by atoms with Gasteiger partial charge in [-0.15, -0.1) is 0 Å². The summed E-state index contributed by atoms with van der Waals surface area (Å²) in [5, 5.41) is 0. The Kier molecular flexibility index (Phi) is 7.71. The molecule has 2 heteroatoms. The molecule has 0 amide bonds. The lowest BCUT2D eigenvalue weighted by Gasteiger charge is -2.15. The minimum atomic E-state index is -0.130. The van der Waals surface area contributed by atoms with Gasteiger partial charge in [-0.25, -0.2) is 0 Å². The quantitative estimate of drug-likeness (QED) is 0.720. The molecule has 1 saturated carbocycles. The van der Waals surface area contributed by atoms with Crippen LogP contribution in [0.15, 0.2) is 0 Å². The normalized spacial score (nSPS) is 15.1. The second-order valence-electron chi connectivity index (χ2n) is 6.92. The summed E-state index contributed by atoms with van der Waals surface area (Å²) in [5.74, 6) is 1.20. The van der Waals surface area contributed by atoms with E-state index in [-0.39, 0.29) is 18.3 Å². The van der Waals surface area contributed by atoms with Gasteiger partial charge in [-0.1, -0.05) is 55.9 Å². The van der Waals surface area contributed by atoms with Crippen molar-refractivity contribution >= 4 is 11.6 Å². The summed E-state index contributed by atoms with van der Waals surface area (Å²) in [7, 11) is 0. The summed E-state index contributed by atoms with van der Waals surface area (Å²) in [6.07, 6.45) is 2.93. The highest BCUT2D eigenvalue weighted by molar-refractivity contribution is 5.87. The predicted octanol–water partition coefficient (Wildman–Crippen LogP) is 4.66. The van der Waals surface area contributed by atoms with Crippen molar-refractivity contribution in [2.24, 2.45) is 16.7 Å². The molecule has 0 N–H and O–H groups in total. The molecule has 18 heavy (non-hydrogen) atoms. The van der Waals surface area contributed by atoms with Gasteiger partial charge in [-0.3, -0.25) is 9.59 Å². The van der Waals surface area contributed by atoms with E-state index in [1.165, 1.54) is 0 Å². The maximum absolute atomic E-state index is 11.2. The fraction of sp³-hybridized carbons (Fsp3) is 0.875. The van der Waals surface area contributed by atoms with Gasteiger partial charge in [0.05, 0.1) is 0 Å². The molecular weight excluding hydrogens is 224 g/mol. The summed E-state index contributed by atoms with van der Waals surface area (Å²) in [6, 6.07) is 0. The zero-order valence-corrected chi connectivity index (χ0v) is 12.5. The molecule has 2 nitrogen and oxygen atoms in total. The topological polar surface area (TPSA) is 34.1 Å². The Hall–Kier alpha value is -0.660. The van der Waals surface area contributed by atoms with E-state index in [1.807, 2.05) is 48.5 Å². The lowest BCUT2D eigenvalue weighted by Crippen LogP contribution is -2.21. The van der Waals surface area contributed by atoms with Gasteiger partial charge in [-0.05, 0) is 12.8 Å². The first-order valence-electron chi connectivity index (χ1n) is 6.57. The van der Waals surface area contributed by atoms with Crippen molar-refractivity contribution in [3.63, 3.8) is 0 Å². The van der Waals surface area contributed by atoms with E-state index in [1.54, 1.807) is 0 Å². The van der Waals surface area contributed by atoms with Crippen LogP contribution in [0.1, 0.15) is 75.2 Å². The SMILES string of the molecule is C.CC(C)(C)C(=O)C1CC1.CCC(=O)C(C)(C)C. The van der Waals surface area contributed by atoms with Gasteiger partial charge < -0.3 is 0 Å². The number of carbonyl (C=O) groups excluding carboxylic acids is 2. The van der Waals surface area contributed by atoms with Crippen LogP contribution in [0.2, 0.25) is 0 Å². The van der Waals surface area contributed by atoms with E-state index >= 15 is 0 Å². The molecule has 0 aromatic carbocycles. The molecule has 0 aliphatic heterocycles. The first kappa shape index (κ1) is 19.7. The van der Waals surface area contributed by atoms with Crippen molar-refractivity contribution in [1.82, 2.24) is 0 Å². The van der Waals surface area contributed by atoms with E-state index in [4.69, 9.17) is 0 Å². The summed E-state index contributed by atoms with van der Waals surface area (Å²) >= 11 is 0. The van der Waals surface area contributed by atoms with Crippen molar-refractivity contribution in [2.75, 3.05) is 0 Å². The standard InChI is InChI=1S/C8H14O.C7H14O.CH4/c1-8(2,3)7(9)6-4-5-6;1-5-6(8)7(2,3)4;/h6H,4-5H2,1-3H3;5H2,1-4H3;1H4. The van der Waals surface area contributed by atoms with Crippen molar-refractivity contribution in [2.45, 2.75) is 75.2 Å². The van der Waals surface area contributed by atoms with Crippen LogP contribution >= 0.6 is 0 Å². The lowest BCUT2D eigenvalue weighted by atomic mass is 9.88. The minimum Gasteiger partial charge on any atom is -0.299 e. The smallest absolute Gasteiger partial charge is 0.141 e. The van der Waals surface area contributed by atoms with Crippen LogP contribution in [0, 0.1) is 16.7 Å². The van der Waals surface area contributed by atoms with Crippen molar-refractivity contribution in [3.8, 4) is 0 Å². The van der Waals surface area contributed by atoms with Gasteiger partial charge >= 0.3 is 0 Å². The van der Waals surface area contributed by atoms with Gasteiger partial charge in [-0.2, -0.15) is 0 Å². The fourth-order valence-corrected chi connectivity index (χ4v) is 1.49. The molecule has 0 spiro atoms. The third kappa shape index (κ3) is 7.62. The number of hydrogen-bond donors (Lipinski definition) is 0. The van der Waals surface area contributed by atoms with Gasteiger partial charge in [0.2, 0.25) is 0 Å². The molecule has 1 aliphatic carbocycles. The van der Waals surface area contributed by atoms with Crippen LogP contribution in [0.4, 0.5) is 0 Å². The second kappa shape index (κ2) is 7.06. The average molecular weight is 256 g/mol. The monoisotopic (exact) mass is 256 g/mol. The van der Waals surface area contributed by atoms with E-state index in [2.05, 4.69) is 0 Å².